The first-order valence-corrected chi connectivity index (χ1v) is 9.74. The summed E-state index contributed by atoms with van der Waals surface area (Å²) < 4.78 is 1.84. The molecule has 0 atom stereocenters. The number of amides is 1. The zero-order valence-electron chi connectivity index (χ0n) is 15.7. The quantitative estimate of drug-likeness (QED) is 0.681. The predicted molar refractivity (Wildman–Crippen MR) is 109 cm³/mol. The number of rotatable bonds is 4. The van der Waals surface area contributed by atoms with Crippen molar-refractivity contribution in [2.24, 2.45) is 5.92 Å². The molecule has 1 heterocycles. The average molecular weight is 359 g/mol. The molecule has 0 saturated heterocycles. The van der Waals surface area contributed by atoms with E-state index >= 15 is 0 Å². The highest BCUT2D eigenvalue weighted by Gasteiger charge is 2.23. The molecule has 0 unspecified atom stereocenters. The Morgan fingerprint density at radius 2 is 1.70 bits per heavy atom. The molecule has 1 aliphatic rings. The maximum absolute atomic E-state index is 12.8. The van der Waals surface area contributed by atoms with Crippen LogP contribution < -0.4 is 5.32 Å². The number of anilines is 1. The summed E-state index contributed by atoms with van der Waals surface area (Å²) in [6.07, 6.45) is 5.49. The minimum absolute atomic E-state index is 0.111. The fraction of sp³-hybridized carbons (Fsp3) is 0.304. The molecule has 1 fully saturated rings. The molecule has 4 nitrogen and oxygen atoms in total. The van der Waals surface area contributed by atoms with E-state index < -0.39 is 0 Å². The molecule has 3 aromatic rings. The number of aryl methyl sites for hydroxylation is 1. The van der Waals surface area contributed by atoms with Crippen LogP contribution in [-0.2, 0) is 4.79 Å². The van der Waals surface area contributed by atoms with Gasteiger partial charge in [0.25, 0.3) is 0 Å². The van der Waals surface area contributed by atoms with E-state index in [1.54, 1.807) is 0 Å². The standard InChI is InChI=1S/C23H25N3O/c1-17-12-14-20(15-13-17)26-22(24-23(27)19-10-6-3-7-11-19)16-21(25-26)18-8-4-2-5-9-18/h2,4-5,8-9,12-16,19H,3,6-7,10-11H2,1H3,(H,24,27). The second kappa shape index (κ2) is 7.78. The van der Waals surface area contributed by atoms with Gasteiger partial charge in [-0.2, -0.15) is 5.10 Å². The molecule has 0 spiro atoms. The van der Waals surface area contributed by atoms with Crippen LogP contribution in [0.1, 0.15) is 37.7 Å². The van der Waals surface area contributed by atoms with Gasteiger partial charge in [-0.25, -0.2) is 4.68 Å². The van der Waals surface area contributed by atoms with E-state index in [1.165, 1.54) is 12.0 Å². The van der Waals surface area contributed by atoms with Crippen molar-refractivity contribution in [2.45, 2.75) is 39.0 Å². The fourth-order valence-electron chi connectivity index (χ4n) is 3.70. The molecule has 0 bridgehead atoms. The third-order valence-electron chi connectivity index (χ3n) is 5.28. The van der Waals surface area contributed by atoms with Crippen molar-refractivity contribution in [3.8, 4) is 16.9 Å². The van der Waals surface area contributed by atoms with Gasteiger partial charge < -0.3 is 5.32 Å². The van der Waals surface area contributed by atoms with Gasteiger partial charge in [0, 0.05) is 17.5 Å². The number of carbonyl (C=O) groups is 1. The predicted octanol–water partition coefficient (Wildman–Crippen LogP) is 5.37. The molecule has 1 saturated carbocycles. The second-order valence-electron chi connectivity index (χ2n) is 7.35. The molecule has 1 N–H and O–H groups in total. The van der Waals surface area contributed by atoms with Crippen LogP contribution in [-0.4, -0.2) is 15.7 Å². The van der Waals surface area contributed by atoms with E-state index in [-0.39, 0.29) is 11.8 Å². The van der Waals surface area contributed by atoms with Gasteiger partial charge in [0.15, 0.2) is 0 Å². The van der Waals surface area contributed by atoms with Crippen LogP contribution in [0.15, 0.2) is 60.7 Å². The lowest BCUT2D eigenvalue weighted by atomic mass is 9.89. The molecule has 1 aliphatic carbocycles. The lowest BCUT2D eigenvalue weighted by molar-refractivity contribution is -0.120. The molecule has 138 valence electrons. The highest BCUT2D eigenvalue weighted by molar-refractivity contribution is 5.92. The number of benzene rings is 2. The summed E-state index contributed by atoms with van der Waals surface area (Å²) in [5.74, 6) is 0.955. The van der Waals surface area contributed by atoms with Gasteiger partial charge in [-0.15, -0.1) is 0 Å². The first-order chi connectivity index (χ1) is 13.2. The maximum atomic E-state index is 12.8. The summed E-state index contributed by atoms with van der Waals surface area (Å²) in [5.41, 5.74) is 4.04. The second-order valence-corrected chi connectivity index (χ2v) is 7.35. The summed E-state index contributed by atoms with van der Waals surface area (Å²) in [7, 11) is 0. The van der Waals surface area contributed by atoms with Crippen LogP contribution >= 0.6 is 0 Å². The number of nitrogens with zero attached hydrogens (tertiary/aromatic N) is 2. The average Bonchev–Trinajstić information content (AvgIpc) is 3.13. The van der Waals surface area contributed by atoms with E-state index in [4.69, 9.17) is 5.10 Å². The van der Waals surface area contributed by atoms with Crippen molar-refractivity contribution < 1.29 is 4.79 Å². The Bertz CT molecular complexity index is 907. The topological polar surface area (TPSA) is 46.9 Å². The van der Waals surface area contributed by atoms with Gasteiger partial charge in [-0.1, -0.05) is 67.3 Å². The van der Waals surface area contributed by atoms with Crippen molar-refractivity contribution in [2.75, 3.05) is 5.32 Å². The van der Waals surface area contributed by atoms with Crippen LogP contribution in [0.5, 0.6) is 0 Å². The van der Waals surface area contributed by atoms with Crippen LogP contribution in [0, 0.1) is 12.8 Å². The van der Waals surface area contributed by atoms with Gasteiger partial charge >= 0.3 is 0 Å². The molecule has 4 heteroatoms. The normalized spacial score (nSPS) is 14.9. The smallest absolute Gasteiger partial charge is 0.228 e. The van der Waals surface area contributed by atoms with Crippen molar-refractivity contribution in [1.82, 2.24) is 9.78 Å². The summed E-state index contributed by atoms with van der Waals surface area (Å²) >= 11 is 0. The molecule has 0 aliphatic heterocycles. The summed E-state index contributed by atoms with van der Waals surface area (Å²) in [5, 5.41) is 7.93. The van der Waals surface area contributed by atoms with Gasteiger partial charge in [-0.3, -0.25) is 4.79 Å². The van der Waals surface area contributed by atoms with E-state index in [0.717, 1.165) is 48.4 Å². The first-order valence-electron chi connectivity index (χ1n) is 9.74. The van der Waals surface area contributed by atoms with Crippen molar-refractivity contribution in [3.63, 3.8) is 0 Å². The minimum Gasteiger partial charge on any atom is -0.310 e. The number of carbonyl (C=O) groups excluding carboxylic acids is 1. The molecular weight excluding hydrogens is 334 g/mol. The van der Waals surface area contributed by atoms with Crippen molar-refractivity contribution in [3.05, 3.63) is 66.2 Å². The Morgan fingerprint density at radius 1 is 1.00 bits per heavy atom. The van der Waals surface area contributed by atoms with Gasteiger partial charge in [0.2, 0.25) is 5.91 Å². The highest BCUT2D eigenvalue weighted by atomic mass is 16.2. The largest absolute Gasteiger partial charge is 0.310 e. The Kier molecular flexibility index (Phi) is 5.05. The van der Waals surface area contributed by atoms with Crippen molar-refractivity contribution >= 4 is 11.7 Å². The summed E-state index contributed by atoms with van der Waals surface area (Å²) in [4.78, 5) is 12.8. The Morgan fingerprint density at radius 3 is 2.41 bits per heavy atom. The fourth-order valence-corrected chi connectivity index (χ4v) is 3.70. The zero-order chi connectivity index (χ0) is 18.6. The van der Waals surface area contributed by atoms with Crippen molar-refractivity contribution in [1.29, 1.82) is 0 Å². The van der Waals surface area contributed by atoms with Crippen LogP contribution in [0.3, 0.4) is 0 Å². The van der Waals surface area contributed by atoms with Crippen LogP contribution in [0.4, 0.5) is 5.82 Å². The third-order valence-corrected chi connectivity index (χ3v) is 5.28. The molecule has 2 aromatic carbocycles. The lowest BCUT2D eigenvalue weighted by Gasteiger charge is -2.20. The van der Waals surface area contributed by atoms with E-state index in [1.807, 2.05) is 53.2 Å². The lowest BCUT2D eigenvalue weighted by Crippen LogP contribution is -2.25. The first kappa shape index (κ1) is 17.5. The van der Waals surface area contributed by atoms with Crippen LogP contribution in [0.25, 0.3) is 16.9 Å². The summed E-state index contributed by atoms with van der Waals surface area (Å²) in [6, 6.07) is 20.2. The zero-order valence-corrected chi connectivity index (χ0v) is 15.7. The Balaban J connectivity index is 1.68. The van der Waals surface area contributed by atoms with Gasteiger partial charge in [-0.05, 0) is 31.9 Å². The number of aromatic nitrogens is 2. The van der Waals surface area contributed by atoms with Crippen LogP contribution in [0.2, 0.25) is 0 Å². The van der Waals surface area contributed by atoms with E-state index in [0.29, 0.717) is 0 Å². The summed E-state index contributed by atoms with van der Waals surface area (Å²) in [6.45, 7) is 2.06. The number of hydrogen-bond donors (Lipinski definition) is 1. The SMILES string of the molecule is Cc1ccc(-n2nc(-c3ccccc3)cc2NC(=O)C2CCCCC2)cc1. The Labute approximate surface area is 160 Å². The minimum atomic E-state index is 0.111. The molecular formula is C23H25N3O. The van der Waals surface area contributed by atoms with Gasteiger partial charge in [0.1, 0.15) is 5.82 Å². The molecule has 1 aromatic heterocycles. The van der Waals surface area contributed by atoms with E-state index in [2.05, 4.69) is 24.4 Å². The molecule has 27 heavy (non-hydrogen) atoms. The molecule has 0 radical (unpaired) electrons. The maximum Gasteiger partial charge on any atom is 0.228 e. The molecule has 1 amide bonds. The monoisotopic (exact) mass is 359 g/mol. The third kappa shape index (κ3) is 3.95. The Hall–Kier alpha value is -2.88. The number of hydrogen-bond acceptors (Lipinski definition) is 2. The van der Waals surface area contributed by atoms with E-state index in [9.17, 15) is 4.79 Å². The molecule has 4 rings (SSSR count). The highest BCUT2D eigenvalue weighted by Crippen LogP contribution is 2.28. The van der Waals surface area contributed by atoms with Gasteiger partial charge in [0.05, 0.1) is 11.4 Å². The number of nitrogens with one attached hydrogen (secondary N) is 1.